The molecule has 122 valence electrons. The van der Waals surface area contributed by atoms with Crippen molar-refractivity contribution in [1.82, 2.24) is 0 Å². The zero-order chi connectivity index (χ0) is 16.9. The summed E-state index contributed by atoms with van der Waals surface area (Å²) in [5, 5.41) is -3.87. The van der Waals surface area contributed by atoms with Gasteiger partial charge in [0.15, 0.2) is 0 Å². The lowest BCUT2D eigenvalue weighted by Gasteiger charge is -2.19. The Labute approximate surface area is 135 Å². The molecule has 0 aliphatic heterocycles. The lowest BCUT2D eigenvalue weighted by molar-refractivity contribution is 0.0980. The molecule has 2 rings (SSSR count). The summed E-state index contributed by atoms with van der Waals surface area (Å²) in [5.41, 5.74) is 0.940. The van der Waals surface area contributed by atoms with Gasteiger partial charge in [0, 0.05) is 0 Å². The summed E-state index contributed by atoms with van der Waals surface area (Å²) >= 11 is 0. The van der Waals surface area contributed by atoms with E-state index in [1.807, 2.05) is 6.92 Å². The maximum absolute atomic E-state index is 14.5. The number of alkyl halides is 2. The first-order valence-corrected chi connectivity index (χ1v) is 8.79. The van der Waals surface area contributed by atoms with Crippen LogP contribution in [-0.2, 0) is 9.84 Å². The van der Waals surface area contributed by atoms with E-state index in [4.69, 9.17) is 0 Å². The van der Waals surface area contributed by atoms with Crippen molar-refractivity contribution < 1.29 is 17.2 Å². The SMILES string of the molecule is CC/C=C(/CC(F)(F)S(=O)(=O)c1ccccc1)c1ccccc1. The van der Waals surface area contributed by atoms with Gasteiger partial charge in [0.2, 0.25) is 9.84 Å². The standard InChI is InChI=1S/C18H18F2O2S/c1-2-9-16(15-10-5-3-6-11-15)14-18(19,20)23(21,22)17-12-7-4-8-13-17/h3-13H,2,14H2,1H3/b16-9-. The lowest BCUT2D eigenvalue weighted by atomic mass is 10.0. The van der Waals surface area contributed by atoms with Gasteiger partial charge < -0.3 is 0 Å². The van der Waals surface area contributed by atoms with E-state index in [9.17, 15) is 17.2 Å². The average molecular weight is 336 g/mol. The second-order valence-electron chi connectivity index (χ2n) is 5.13. The molecule has 2 nitrogen and oxygen atoms in total. The van der Waals surface area contributed by atoms with Crippen LogP contribution in [0.3, 0.4) is 0 Å². The number of halogens is 2. The summed E-state index contributed by atoms with van der Waals surface area (Å²) in [6.07, 6.45) is 1.34. The number of benzene rings is 2. The number of hydrogen-bond donors (Lipinski definition) is 0. The highest BCUT2D eigenvalue weighted by Crippen LogP contribution is 2.37. The van der Waals surface area contributed by atoms with E-state index in [1.165, 1.54) is 24.3 Å². The van der Waals surface area contributed by atoms with Gasteiger partial charge in [-0.1, -0.05) is 61.5 Å². The Balaban J connectivity index is 2.37. The van der Waals surface area contributed by atoms with Crippen molar-refractivity contribution in [3.05, 3.63) is 72.3 Å². The van der Waals surface area contributed by atoms with Crippen LogP contribution in [-0.4, -0.2) is 13.7 Å². The molecule has 23 heavy (non-hydrogen) atoms. The van der Waals surface area contributed by atoms with Crippen LogP contribution in [0.25, 0.3) is 5.57 Å². The Kier molecular flexibility index (Phi) is 5.31. The third-order valence-corrected chi connectivity index (χ3v) is 5.26. The summed E-state index contributed by atoms with van der Waals surface area (Å²) in [4.78, 5) is -0.367. The Morgan fingerprint density at radius 3 is 2.04 bits per heavy atom. The fourth-order valence-electron chi connectivity index (χ4n) is 2.28. The molecule has 2 aromatic carbocycles. The highest BCUT2D eigenvalue weighted by atomic mass is 32.2. The average Bonchev–Trinajstić information content (AvgIpc) is 2.56. The molecular weight excluding hydrogens is 318 g/mol. The van der Waals surface area contributed by atoms with E-state index in [0.717, 1.165) is 0 Å². The molecule has 0 unspecified atom stereocenters. The van der Waals surface area contributed by atoms with Crippen LogP contribution in [0, 0.1) is 0 Å². The minimum atomic E-state index is -4.73. The predicted octanol–water partition coefficient (Wildman–Crippen LogP) is 4.94. The normalized spacial score (nSPS) is 13.1. The first kappa shape index (κ1) is 17.3. The van der Waals surface area contributed by atoms with Crippen molar-refractivity contribution in [1.29, 1.82) is 0 Å². The highest BCUT2D eigenvalue weighted by Gasteiger charge is 2.46. The fourth-order valence-corrected chi connectivity index (χ4v) is 3.49. The number of sulfone groups is 1. The van der Waals surface area contributed by atoms with Crippen molar-refractivity contribution in [2.45, 2.75) is 29.9 Å². The summed E-state index contributed by atoms with van der Waals surface area (Å²) in [6, 6.07) is 15.5. The molecule has 0 amide bonds. The van der Waals surface area contributed by atoms with Gasteiger partial charge in [-0.3, -0.25) is 0 Å². The Morgan fingerprint density at radius 2 is 1.52 bits per heavy atom. The van der Waals surface area contributed by atoms with Gasteiger partial charge in [-0.05, 0) is 29.7 Å². The molecular formula is C18H18F2O2S. The molecule has 0 atom stereocenters. The minimum Gasteiger partial charge on any atom is -0.217 e. The van der Waals surface area contributed by atoms with Crippen molar-refractivity contribution in [2.24, 2.45) is 0 Å². The maximum Gasteiger partial charge on any atom is 0.354 e. The van der Waals surface area contributed by atoms with Crippen molar-refractivity contribution in [2.75, 3.05) is 0 Å². The van der Waals surface area contributed by atoms with Gasteiger partial charge >= 0.3 is 5.25 Å². The van der Waals surface area contributed by atoms with Crippen LogP contribution >= 0.6 is 0 Å². The topological polar surface area (TPSA) is 34.1 Å². The highest BCUT2D eigenvalue weighted by molar-refractivity contribution is 7.92. The van der Waals surface area contributed by atoms with E-state index >= 15 is 0 Å². The Hall–Kier alpha value is -2.01. The monoisotopic (exact) mass is 336 g/mol. The van der Waals surface area contributed by atoms with Crippen LogP contribution in [0.1, 0.15) is 25.3 Å². The zero-order valence-electron chi connectivity index (χ0n) is 12.7. The van der Waals surface area contributed by atoms with Crippen LogP contribution < -0.4 is 0 Å². The van der Waals surface area contributed by atoms with Crippen LogP contribution in [0.2, 0.25) is 0 Å². The van der Waals surface area contributed by atoms with Crippen LogP contribution in [0.4, 0.5) is 8.78 Å². The third kappa shape index (κ3) is 3.85. The van der Waals surface area contributed by atoms with E-state index in [-0.39, 0.29) is 4.90 Å². The van der Waals surface area contributed by atoms with Crippen LogP contribution in [0.5, 0.6) is 0 Å². The van der Waals surface area contributed by atoms with Gasteiger partial charge in [-0.15, -0.1) is 0 Å². The second kappa shape index (κ2) is 7.04. The molecule has 0 saturated carbocycles. The molecule has 0 aliphatic rings. The lowest BCUT2D eigenvalue weighted by Crippen LogP contribution is -2.29. The van der Waals surface area contributed by atoms with Gasteiger partial charge in [0.1, 0.15) is 0 Å². The molecule has 0 spiro atoms. The van der Waals surface area contributed by atoms with E-state index in [0.29, 0.717) is 17.6 Å². The van der Waals surface area contributed by atoms with E-state index in [2.05, 4.69) is 0 Å². The van der Waals surface area contributed by atoms with Gasteiger partial charge in [0.05, 0.1) is 11.3 Å². The molecule has 0 aromatic heterocycles. The Bertz CT molecular complexity index is 767. The van der Waals surface area contributed by atoms with Gasteiger partial charge in [-0.25, -0.2) is 8.42 Å². The number of rotatable bonds is 6. The van der Waals surface area contributed by atoms with Crippen molar-refractivity contribution in [3.63, 3.8) is 0 Å². The zero-order valence-corrected chi connectivity index (χ0v) is 13.6. The smallest absolute Gasteiger partial charge is 0.217 e. The van der Waals surface area contributed by atoms with Crippen LogP contribution in [0.15, 0.2) is 71.6 Å². The molecule has 0 fully saturated rings. The van der Waals surface area contributed by atoms with Gasteiger partial charge in [-0.2, -0.15) is 8.78 Å². The first-order valence-electron chi connectivity index (χ1n) is 7.30. The molecule has 0 heterocycles. The molecule has 0 radical (unpaired) electrons. The Morgan fingerprint density at radius 1 is 1.00 bits per heavy atom. The molecule has 0 N–H and O–H groups in total. The second-order valence-corrected chi connectivity index (χ2v) is 7.21. The summed E-state index contributed by atoms with van der Waals surface area (Å²) in [5.74, 6) is 0. The number of hydrogen-bond acceptors (Lipinski definition) is 2. The summed E-state index contributed by atoms with van der Waals surface area (Å²) in [7, 11) is -4.73. The maximum atomic E-state index is 14.5. The quantitative estimate of drug-likeness (QED) is 0.749. The van der Waals surface area contributed by atoms with Gasteiger partial charge in [0.25, 0.3) is 0 Å². The summed E-state index contributed by atoms with van der Waals surface area (Å²) in [6.45, 7) is 1.83. The molecule has 0 saturated heterocycles. The molecule has 5 heteroatoms. The first-order chi connectivity index (χ1) is 10.9. The third-order valence-electron chi connectivity index (χ3n) is 3.44. The van der Waals surface area contributed by atoms with Crippen molar-refractivity contribution >= 4 is 15.4 Å². The predicted molar refractivity (Wildman–Crippen MR) is 87.9 cm³/mol. The minimum absolute atomic E-state index is 0.331. The largest absolute Gasteiger partial charge is 0.354 e. The molecule has 2 aromatic rings. The van der Waals surface area contributed by atoms with E-state index in [1.54, 1.807) is 42.5 Å². The molecule has 0 aliphatic carbocycles. The fraction of sp³-hybridized carbons (Fsp3) is 0.222. The molecule has 0 bridgehead atoms. The summed E-state index contributed by atoms with van der Waals surface area (Å²) < 4.78 is 53.5. The van der Waals surface area contributed by atoms with E-state index < -0.39 is 21.5 Å². The van der Waals surface area contributed by atoms with Crippen molar-refractivity contribution in [3.8, 4) is 0 Å². The number of allylic oxidation sites excluding steroid dienone is 2.